The molecule has 1 atom stereocenters. The monoisotopic (exact) mass is 472 g/mol. The number of urea groups is 1. The molecule has 0 spiro atoms. The topological polar surface area (TPSA) is 122 Å². The largest absolute Gasteiger partial charge is 0.497 e. The molecule has 2 aliphatic rings. The predicted molar refractivity (Wildman–Crippen MR) is 123 cm³/mol. The van der Waals surface area contributed by atoms with Crippen LogP contribution in [0.5, 0.6) is 5.75 Å². The van der Waals surface area contributed by atoms with Gasteiger partial charge in [-0.05, 0) is 54.0 Å². The number of hydrogen-bond donors (Lipinski definition) is 2. The number of ether oxygens (including phenoxy) is 1. The number of amides is 3. The second-order valence-corrected chi connectivity index (χ2v) is 10.2. The zero-order chi connectivity index (χ0) is 23.6. The standard InChI is InChI=1S/C23H28N4O5S/c1-32-20-10-2-16(3-11-20)12-13-26-21(19-8-6-18(7-9-19)17-4-5-17)14-27(23(26)29)25-33(30,31)15-22(24)28/h2-3,6-11,17,21,25H,4-5,12-15H2,1H3,(H2,24,28). The first-order valence-corrected chi connectivity index (χ1v) is 12.5. The zero-order valence-corrected chi connectivity index (χ0v) is 19.3. The van der Waals surface area contributed by atoms with Crippen molar-refractivity contribution in [2.75, 3.05) is 26.0 Å². The third kappa shape index (κ3) is 5.63. The summed E-state index contributed by atoms with van der Waals surface area (Å²) in [6.07, 6.45) is 2.99. The van der Waals surface area contributed by atoms with Crippen molar-refractivity contribution >= 4 is 22.0 Å². The molecule has 2 aromatic carbocycles. The molecule has 33 heavy (non-hydrogen) atoms. The molecule has 1 aliphatic heterocycles. The first kappa shape index (κ1) is 23.1. The lowest BCUT2D eigenvalue weighted by atomic mass is 10.0. The number of carbonyl (C=O) groups is 2. The van der Waals surface area contributed by atoms with Crippen molar-refractivity contribution in [2.24, 2.45) is 5.73 Å². The first-order chi connectivity index (χ1) is 15.8. The fourth-order valence-corrected chi connectivity index (χ4v) is 5.01. The molecule has 0 radical (unpaired) electrons. The molecule has 2 fully saturated rings. The van der Waals surface area contributed by atoms with E-state index in [9.17, 15) is 18.0 Å². The third-order valence-corrected chi connectivity index (χ3v) is 7.12. The van der Waals surface area contributed by atoms with E-state index in [1.165, 1.54) is 18.4 Å². The minimum atomic E-state index is -4.07. The van der Waals surface area contributed by atoms with Crippen LogP contribution >= 0.6 is 0 Å². The second kappa shape index (κ2) is 9.40. The summed E-state index contributed by atoms with van der Waals surface area (Å²) in [7, 11) is -2.47. The van der Waals surface area contributed by atoms with Crippen LogP contribution < -0.4 is 15.3 Å². The van der Waals surface area contributed by atoms with Crippen molar-refractivity contribution in [1.29, 1.82) is 0 Å². The van der Waals surface area contributed by atoms with Crippen molar-refractivity contribution in [3.05, 3.63) is 65.2 Å². The highest BCUT2D eigenvalue weighted by Crippen LogP contribution is 2.40. The normalized spacial score (nSPS) is 18.6. The number of benzene rings is 2. The van der Waals surface area contributed by atoms with Crippen LogP contribution in [0.4, 0.5) is 4.79 Å². The molecule has 1 saturated heterocycles. The average Bonchev–Trinajstić information content (AvgIpc) is 3.58. The lowest BCUT2D eigenvalue weighted by molar-refractivity contribution is -0.115. The molecule has 3 amide bonds. The Morgan fingerprint density at radius 3 is 2.30 bits per heavy atom. The fourth-order valence-electron chi connectivity index (χ4n) is 4.09. The number of primary amides is 1. The van der Waals surface area contributed by atoms with Gasteiger partial charge < -0.3 is 15.4 Å². The van der Waals surface area contributed by atoms with E-state index >= 15 is 0 Å². The van der Waals surface area contributed by atoms with Gasteiger partial charge in [0.2, 0.25) is 15.9 Å². The number of hydrazine groups is 1. The number of nitrogens with zero attached hydrogens (tertiary/aromatic N) is 2. The Morgan fingerprint density at radius 1 is 1.09 bits per heavy atom. The van der Waals surface area contributed by atoms with Crippen LogP contribution in [-0.2, 0) is 21.2 Å². The summed E-state index contributed by atoms with van der Waals surface area (Å²) >= 11 is 0. The Kier molecular flexibility index (Phi) is 6.57. The molecule has 2 aromatic rings. The maximum absolute atomic E-state index is 13.1. The molecular weight excluding hydrogens is 444 g/mol. The number of nitrogens with two attached hydrogens (primary N) is 1. The van der Waals surface area contributed by atoms with E-state index in [1.807, 2.05) is 36.4 Å². The van der Waals surface area contributed by atoms with Crippen molar-refractivity contribution in [2.45, 2.75) is 31.2 Å². The van der Waals surface area contributed by atoms with Crippen LogP contribution in [0.1, 0.15) is 41.5 Å². The van der Waals surface area contributed by atoms with Gasteiger partial charge in [-0.1, -0.05) is 36.4 Å². The number of carbonyl (C=O) groups excluding carboxylic acids is 2. The molecule has 10 heteroatoms. The Balaban J connectivity index is 1.53. The molecule has 3 N–H and O–H groups in total. The molecule has 0 aromatic heterocycles. The molecule has 4 rings (SSSR count). The van der Waals surface area contributed by atoms with E-state index in [1.54, 1.807) is 12.0 Å². The van der Waals surface area contributed by atoms with Crippen molar-refractivity contribution in [3.63, 3.8) is 0 Å². The van der Waals surface area contributed by atoms with Crippen LogP contribution in [0.25, 0.3) is 0 Å². The maximum Gasteiger partial charge on any atom is 0.335 e. The van der Waals surface area contributed by atoms with Gasteiger partial charge >= 0.3 is 6.03 Å². The van der Waals surface area contributed by atoms with Gasteiger partial charge in [-0.15, -0.1) is 4.83 Å². The molecule has 9 nitrogen and oxygen atoms in total. The van der Waals surface area contributed by atoms with E-state index in [-0.39, 0.29) is 12.6 Å². The third-order valence-electron chi connectivity index (χ3n) is 5.96. The van der Waals surface area contributed by atoms with Crippen molar-refractivity contribution in [1.82, 2.24) is 14.7 Å². The highest BCUT2D eigenvalue weighted by Gasteiger charge is 2.40. The quantitative estimate of drug-likeness (QED) is 0.547. The summed E-state index contributed by atoms with van der Waals surface area (Å²) in [5, 5.41) is 1.05. The van der Waals surface area contributed by atoms with Gasteiger partial charge in [0.15, 0.2) is 0 Å². The number of rotatable bonds is 10. The van der Waals surface area contributed by atoms with Crippen molar-refractivity contribution < 1.29 is 22.7 Å². The van der Waals surface area contributed by atoms with E-state index < -0.39 is 27.7 Å². The van der Waals surface area contributed by atoms with E-state index in [0.717, 1.165) is 21.9 Å². The van der Waals surface area contributed by atoms with Crippen molar-refractivity contribution in [3.8, 4) is 5.75 Å². The lowest BCUT2D eigenvalue weighted by Crippen LogP contribution is -2.47. The smallest absolute Gasteiger partial charge is 0.335 e. The summed E-state index contributed by atoms with van der Waals surface area (Å²) in [5.74, 6) is -0.506. The van der Waals surface area contributed by atoms with E-state index in [2.05, 4.69) is 17.0 Å². The van der Waals surface area contributed by atoms with Gasteiger partial charge in [0.05, 0.1) is 19.7 Å². The fraction of sp³-hybridized carbons (Fsp3) is 0.391. The highest BCUT2D eigenvalue weighted by molar-refractivity contribution is 7.90. The Bertz CT molecular complexity index is 1110. The molecule has 1 aliphatic carbocycles. The van der Waals surface area contributed by atoms with Gasteiger partial charge in [-0.2, -0.15) is 0 Å². The van der Waals surface area contributed by atoms with Crippen LogP contribution in [-0.4, -0.2) is 56.2 Å². The molecular formula is C23H28N4O5S. The van der Waals surface area contributed by atoms with Gasteiger partial charge in [0.25, 0.3) is 0 Å². The summed E-state index contributed by atoms with van der Waals surface area (Å²) in [5.41, 5.74) is 8.27. The number of sulfonamides is 1. The van der Waals surface area contributed by atoms with Gasteiger partial charge in [0.1, 0.15) is 11.5 Å². The Morgan fingerprint density at radius 2 is 1.73 bits per heavy atom. The predicted octanol–water partition coefficient (Wildman–Crippen LogP) is 1.91. The lowest BCUT2D eigenvalue weighted by Gasteiger charge is -2.23. The number of nitrogens with one attached hydrogen (secondary N) is 1. The second-order valence-electron chi connectivity index (χ2n) is 8.46. The summed E-state index contributed by atoms with van der Waals surface area (Å²) in [6.45, 7) is 0.524. The van der Waals surface area contributed by atoms with Crippen LogP contribution in [0, 0.1) is 0 Å². The average molecular weight is 473 g/mol. The summed E-state index contributed by atoms with van der Waals surface area (Å²) in [6, 6.07) is 15.0. The molecule has 1 heterocycles. The molecule has 176 valence electrons. The van der Waals surface area contributed by atoms with Crippen LogP contribution in [0.15, 0.2) is 48.5 Å². The molecule has 0 bridgehead atoms. The Hall–Kier alpha value is -3.11. The van der Waals surface area contributed by atoms with Gasteiger partial charge in [-0.25, -0.2) is 18.2 Å². The SMILES string of the molecule is COc1ccc(CCN2C(=O)N(NS(=O)(=O)CC(N)=O)CC2c2ccc(C3CC3)cc2)cc1. The maximum atomic E-state index is 13.1. The van der Waals surface area contributed by atoms with E-state index in [4.69, 9.17) is 10.5 Å². The summed E-state index contributed by atoms with van der Waals surface area (Å²) in [4.78, 5) is 28.1. The zero-order valence-electron chi connectivity index (χ0n) is 18.4. The minimum Gasteiger partial charge on any atom is -0.497 e. The number of hydrogen-bond acceptors (Lipinski definition) is 5. The van der Waals surface area contributed by atoms with Crippen LogP contribution in [0.3, 0.4) is 0 Å². The Labute approximate surface area is 193 Å². The minimum absolute atomic E-state index is 0.127. The summed E-state index contributed by atoms with van der Waals surface area (Å²) < 4.78 is 29.6. The van der Waals surface area contributed by atoms with Gasteiger partial charge in [-0.3, -0.25) is 4.79 Å². The molecule has 1 unspecified atom stereocenters. The van der Waals surface area contributed by atoms with E-state index in [0.29, 0.717) is 18.9 Å². The highest BCUT2D eigenvalue weighted by atomic mass is 32.2. The first-order valence-electron chi connectivity index (χ1n) is 10.8. The van der Waals surface area contributed by atoms with Crippen LogP contribution in [0.2, 0.25) is 0 Å². The van der Waals surface area contributed by atoms with Gasteiger partial charge in [0, 0.05) is 6.54 Å². The molecule has 1 saturated carbocycles. The number of methoxy groups -OCH3 is 1.